The molecule has 2 heteroatoms. The molecule has 0 saturated carbocycles. The summed E-state index contributed by atoms with van der Waals surface area (Å²) in [6.45, 7) is 4.71. The second-order valence-corrected chi connectivity index (χ2v) is 5.21. The summed E-state index contributed by atoms with van der Waals surface area (Å²) in [5.74, 6) is 0. The van der Waals surface area contributed by atoms with Crippen LogP contribution in [0, 0.1) is 0 Å². The van der Waals surface area contributed by atoms with E-state index in [1.807, 2.05) is 0 Å². The van der Waals surface area contributed by atoms with Gasteiger partial charge in [-0.15, -0.1) is 0 Å². The van der Waals surface area contributed by atoms with E-state index >= 15 is 0 Å². The number of fused-ring (bicyclic) bond motifs is 6. The van der Waals surface area contributed by atoms with E-state index in [2.05, 4.69) is 24.1 Å². The van der Waals surface area contributed by atoms with Crippen LogP contribution < -0.4 is 5.32 Å². The van der Waals surface area contributed by atoms with Crippen LogP contribution in [0.5, 0.6) is 0 Å². The summed E-state index contributed by atoms with van der Waals surface area (Å²) in [6, 6.07) is 4.13. The third kappa shape index (κ3) is 1.02. The van der Waals surface area contributed by atoms with Crippen molar-refractivity contribution < 1.29 is 0 Å². The topological polar surface area (TPSA) is 15.3 Å². The first-order chi connectivity index (χ1) is 6.27. The summed E-state index contributed by atoms with van der Waals surface area (Å²) in [5, 5.41) is 3.80. The van der Waals surface area contributed by atoms with Crippen LogP contribution in [-0.2, 0) is 0 Å². The summed E-state index contributed by atoms with van der Waals surface area (Å²) in [4.78, 5) is 2.79. The standard InChI is InChI=1S/C11H20N2/c1-7(2)13-10-5-6-11(13)9-4-3-8(10)12-9/h7-12H,3-6H2,1-2H3. The highest BCUT2D eigenvalue weighted by Crippen LogP contribution is 2.40. The van der Waals surface area contributed by atoms with Crippen LogP contribution in [0.4, 0.5) is 0 Å². The molecule has 4 bridgehead atoms. The maximum Gasteiger partial charge on any atom is 0.0256 e. The number of nitrogens with one attached hydrogen (secondary N) is 1. The van der Waals surface area contributed by atoms with Crippen molar-refractivity contribution in [1.29, 1.82) is 0 Å². The Morgan fingerprint density at radius 1 is 1.00 bits per heavy atom. The van der Waals surface area contributed by atoms with Gasteiger partial charge in [0.25, 0.3) is 0 Å². The van der Waals surface area contributed by atoms with Gasteiger partial charge in [0, 0.05) is 30.2 Å². The van der Waals surface area contributed by atoms with Gasteiger partial charge in [0.05, 0.1) is 0 Å². The van der Waals surface area contributed by atoms with Crippen molar-refractivity contribution in [1.82, 2.24) is 10.2 Å². The smallest absolute Gasteiger partial charge is 0.0256 e. The summed E-state index contributed by atoms with van der Waals surface area (Å²) in [5.41, 5.74) is 0. The Kier molecular flexibility index (Phi) is 1.72. The van der Waals surface area contributed by atoms with Crippen LogP contribution in [-0.4, -0.2) is 35.1 Å². The molecule has 3 aliphatic heterocycles. The maximum atomic E-state index is 3.80. The monoisotopic (exact) mass is 180 g/mol. The lowest BCUT2D eigenvalue weighted by molar-refractivity contribution is 0.0800. The number of nitrogens with zero attached hydrogens (tertiary/aromatic N) is 1. The highest BCUT2D eigenvalue weighted by Gasteiger charge is 2.50. The molecule has 0 aliphatic carbocycles. The quantitative estimate of drug-likeness (QED) is 0.655. The Bertz CT molecular complexity index is 196. The molecule has 0 radical (unpaired) electrons. The minimum Gasteiger partial charge on any atom is -0.308 e. The zero-order chi connectivity index (χ0) is 9.00. The van der Waals surface area contributed by atoms with E-state index in [0.717, 1.165) is 30.2 Å². The Morgan fingerprint density at radius 3 is 2.00 bits per heavy atom. The van der Waals surface area contributed by atoms with Crippen molar-refractivity contribution in [2.45, 2.75) is 69.7 Å². The second kappa shape index (κ2) is 2.71. The fourth-order valence-corrected chi connectivity index (χ4v) is 3.88. The van der Waals surface area contributed by atoms with Crippen molar-refractivity contribution in [3.8, 4) is 0 Å². The molecule has 4 unspecified atom stereocenters. The van der Waals surface area contributed by atoms with E-state index in [1.54, 1.807) is 0 Å². The van der Waals surface area contributed by atoms with Crippen LogP contribution in [0.25, 0.3) is 0 Å². The molecule has 0 spiro atoms. The molecule has 0 aromatic carbocycles. The lowest BCUT2D eigenvalue weighted by atomic mass is 10.0. The van der Waals surface area contributed by atoms with Gasteiger partial charge >= 0.3 is 0 Å². The highest BCUT2D eigenvalue weighted by atomic mass is 15.3. The van der Waals surface area contributed by atoms with Crippen molar-refractivity contribution in [2.24, 2.45) is 0 Å². The largest absolute Gasteiger partial charge is 0.308 e. The third-order valence-electron chi connectivity index (χ3n) is 4.27. The normalized spacial score (nSPS) is 49.2. The first kappa shape index (κ1) is 8.25. The van der Waals surface area contributed by atoms with E-state index in [9.17, 15) is 0 Å². The van der Waals surface area contributed by atoms with Crippen LogP contribution in [0.15, 0.2) is 0 Å². The molecular formula is C11H20N2. The first-order valence-corrected chi connectivity index (χ1v) is 5.81. The molecule has 0 amide bonds. The number of hydrogen-bond donors (Lipinski definition) is 1. The molecule has 0 aromatic rings. The molecule has 3 fully saturated rings. The van der Waals surface area contributed by atoms with Gasteiger partial charge in [0.2, 0.25) is 0 Å². The van der Waals surface area contributed by atoms with E-state index in [0.29, 0.717) is 0 Å². The van der Waals surface area contributed by atoms with Crippen LogP contribution in [0.2, 0.25) is 0 Å². The summed E-state index contributed by atoms with van der Waals surface area (Å²) >= 11 is 0. The lowest BCUT2D eigenvalue weighted by Crippen LogP contribution is -2.60. The fourth-order valence-electron chi connectivity index (χ4n) is 3.88. The molecule has 13 heavy (non-hydrogen) atoms. The zero-order valence-electron chi connectivity index (χ0n) is 8.66. The minimum atomic E-state index is 0.752. The zero-order valence-corrected chi connectivity index (χ0v) is 8.66. The molecule has 3 aliphatic rings. The average molecular weight is 180 g/mol. The average Bonchev–Trinajstić information content (AvgIpc) is 2.57. The van der Waals surface area contributed by atoms with Crippen molar-refractivity contribution in [3.63, 3.8) is 0 Å². The van der Waals surface area contributed by atoms with Crippen LogP contribution in [0.1, 0.15) is 39.5 Å². The van der Waals surface area contributed by atoms with E-state index in [-0.39, 0.29) is 0 Å². The molecule has 4 atom stereocenters. The number of rotatable bonds is 1. The lowest BCUT2D eigenvalue weighted by Gasteiger charge is -2.42. The first-order valence-electron chi connectivity index (χ1n) is 5.81. The van der Waals surface area contributed by atoms with E-state index in [4.69, 9.17) is 0 Å². The van der Waals surface area contributed by atoms with E-state index in [1.165, 1.54) is 25.7 Å². The minimum absolute atomic E-state index is 0.752. The van der Waals surface area contributed by atoms with Gasteiger partial charge in [-0.1, -0.05) is 0 Å². The van der Waals surface area contributed by atoms with Gasteiger partial charge in [0.1, 0.15) is 0 Å². The molecule has 74 valence electrons. The number of piperazine rings is 1. The molecule has 0 aromatic heterocycles. The molecule has 3 heterocycles. The van der Waals surface area contributed by atoms with Gasteiger partial charge in [-0.2, -0.15) is 0 Å². The predicted molar refractivity (Wildman–Crippen MR) is 53.7 cm³/mol. The molecule has 1 N–H and O–H groups in total. The van der Waals surface area contributed by atoms with Gasteiger partial charge in [0.15, 0.2) is 0 Å². The summed E-state index contributed by atoms with van der Waals surface area (Å²) in [7, 11) is 0. The highest BCUT2D eigenvalue weighted by molar-refractivity contribution is 5.10. The van der Waals surface area contributed by atoms with Crippen LogP contribution in [0.3, 0.4) is 0 Å². The predicted octanol–water partition coefficient (Wildman–Crippen LogP) is 1.36. The van der Waals surface area contributed by atoms with Gasteiger partial charge < -0.3 is 5.32 Å². The Hall–Kier alpha value is -0.0800. The van der Waals surface area contributed by atoms with Gasteiger partial charge in [-0.05, 0) is 39.5 Å². The number of hydrogen-bond acceptors (Lipinski definition) is 2. The molecule has 3 saturated heterocycles. The fraction of sp³-hybridized carbons (Fsp3) is 1.00. The molecular weight excluding hydrogens is 160 g/mol. The molecule has 2 nitrogen and oxygen atoms in total. The van der Waals surface area contributed by atoms with Crippen molar-refractivity contribution in [2.75, 3.05) is 0 Å². The van der Waals surface area contributed by atoms with Gasteiger partial charge in [-0.3, -0.25) is 4.90 Å². The molecule has 3 rings (SSSR count). The van der Waals surface area contributed by atoms with Crippen molar-refractivity contribution >= 4 is 0 Å². The maximum absolute atomic E-state index is 3.80. The third-order valence-corrected chi connectivity index (χ3v) is 4.27. The van der Waals surface area contributed by atoms with E-state index < -0.39 is 0 Å². The Balaban J connectivity index is 1.91. The Morgan fingerprint density at radius 2 is 1.54 bits per heavy atom. The van der Waals surface area contributed by atoms with Gasteiger partial charge in [-0.25, -0.2) is 0 Å². The Labute approximate surface area is 80.7 Å². The SMILES string of the molecule is CC(C)N1C2CCC1C1CCC2N1. The second-order valence-electron chi connectivity index (χ2n) is 5.21. The summed E-state index contributed by atoms with van der Waals surface area (Å²) in [6.07, 6.45) is 5.73. The van der Waals surface area contributed by atoms with Crippen LogP contribution >= 0.6 is 0 Å². The van der Waals surface area contributed by atoms with Crippen molar-refractivity contribution in [3.05, 3.63) is 0 Å². The summed E-state index contributed by atoms with van der Waals surface area (Å²) < 4.78 is 0.